The van der Waals surface area contributed by atoms with Crippen molar-refractivity contribution in [1.82, 2.24) is 9.13 Å². The van der Waals surface area contributed by atoms with Crippen LogP contribution < -0.4 is 0 Å². The lowest BCUT2D eigenvalue weighted by atomic mass is 9.81. The Hall–Kier alpha value is -11.6. The van der Waals surface area contributed by atoms with Crippen molar-refractivity contribution in [2.24, 2.45) is 0 Å². The quantitative estimate of drug-likeness (QED) is 0.134. The van der Waals surface area contributed by atoms with Crippen LogP contribution in [0.2, 0.25) is 0 Å². The number of para-hydroxylation sites is 2. The number of hydrogen-bond acceptors (Lipinski definition) is 0. The molecule has 94 heavy (non-hydrogen) atoms. The van der Waals surface area contributed by atoms with E-state index in [1.54, 1.807) is 0 Å². The predicted octanol–water partition coefficient (Wildman–Crippen LogP) is 24.8. The lowest BCUT2D eigenvalue weighted by Crippen LogP contribution is -2.14. The van der Waals surface area contributed by atoms with Gasteiger partial charge in [0, 0.05) is 43.7 Å². The molecule has 0 bridgehead atoms. The third-order valence-electron chi connectivity index (χ3n) is 21.3. The summed E-state index contributed by atoms with van der Waals surface area (Å²) >= 11 is 0. The van der Waals surface area contributed by atoms with E-state index in [1.165, 1.54) is 176 Å². The maximum Gasteiger partial charge on any atom is 0.0541 e. The van der Waals surface area contributed by atoms with E-state index < -0.39 is 0 Å². The van der Waals surface area contributed by atoms with Crippen LogP contribution in [0.3, 0.4) is 0 Å². The summed E-state index contributed by atoms with van der Waals surface area (Å²) in [5.41, 5.74) is 32.2. The van der Waals surface area contributed by atoms with Gasteiger partial charge in [0.1, 0.15) is 0 Å². The Labute approximate surface area is 547 Å². The molecule has 2 nitrogen and oxygen atoms in total. The molecule has 15 aromatic carbocycles. The summed E-state index contributed by atoms with van der Waals surface area (Å²) < 4.78 is 4.88. The molecular weight excluding hydrogens is 1130 g/mol. The fourth-order valence-corrected chi connectivity index (χ4v) is 16.7. The normalized spacial score (nSPS) is 13.5. The van der Waals surface area contributed by atoms with Crippen molar-refractivity contribution < 1.29 is 0 Å². The summed E-state index contributed by atoms with van der Waals surface area (Å²) in [4.78, 5) is 0. The first-order valence-corrected chi connectivity index (χ1v) is 33.0. The van der Waals surface area contributed by atoms with Gasteiger partial charge in [0.25, 0.3) is 0 Å². The third-order valence-corrected chi connectivity index (χ3v) is 21.3. The van der Waals surface area contributed by atoms with Crippen LogP contribution in [0, 0.1) is 0 Å². The monoisotopic (exact) mass is 1200 g/mol. The molecule has 0 N–H and O–H groups in total. The second kappa shape index (κ2) is 20.5. The Kier molecular flexibility index (Phi) is 11.8. The average molecular weight is 1200 g/mol. The van der Waals surface area contributed by atoms with Crippen molar-refractivity contribution in [3.8, 4) is 100 Å². The van der Waals surface area contributed by atoms with Gasteiger partial charge >= 0.3 is 0 Å². The highest BCUT2D eigenvalue weighted by atomic mass is 15.0. The van der Waals surface area contributed by atoms with E-state index >= 15 is 0 Å². The van der Waals surface area contributed by atoms with E-state index in [9.17, 15) is 0 Å². The van der Waals surface area contributed by atoms with Crippen molar-refractivity contribution in [1.29, 1.82) is 0 Å². The Morgan fingerprint density at radius 2 is 0.457 bits per heavy atom. The molecule has 0 spiro atoms. The van der Waals surface area contributed by atoms with E-state index in [-0.39, 0.29) is 10.8 Å². The van der Waals surface area contributed by atoms with Crippen LogP contribution in [0.5, 0.6) is 0 Å². The van der Waals surface area contributed by atoms with Gasteiger partial charge in [-0.15, -0.1) is 0 Å². The molecule has 0 unspecified atom stereocenters. The van der Waals surface area contributed by atoms with Crippen molar-refractivity contribution >= 4 is 65.2 Å². The standard InChI is InChI=1S/C92H64N2/c1-91(2)81-31-19-17-29-69(81)71-41-33-65(55-83(71)91)63-39-47-87-77(51-63)75-49-61(37-45-85(75)93(87)67-25-13-7-14-26-67)59-35-43-73-79(53-59)89(57-21-9-5-10-22-57)74-44-36-60(54-80(74)90(73)58-23-11-6-12-24-58)62-38-46-86-76(50-62)78-52-64(40-48-88(78)94(86)68-27-15-8-16-28-68)66-34-42-72-70-30-18-20-32-82(70)92(3,4)84(72)56-66/h5-56H,1-4H3. The lowest BCUT2D eigenvalue weighted by molar-refractivity contribution is 0.660. The molecule has 2 heteroatoms. The zero-order chi connectivity index (χ0) is 62.6. The molecule has 0 amide bonds. The van der Waals surface area contributed by atoms with Crippen LogP contribution in [-0.2, 0) is 10.8 Å². The maximum absolute atomic E-state index is 2.47. The number of hydrogen-bond donors (Lipinski definition) is 0. The second-order valence-electron chi connectivity index (χ2n) is 27.1. The van der Waals surface area contributed by atoms with Gasteiger partial charge in [-0.2, -0.15) is 0 Å². The molecule has 0 saturated carbocycles. The molecule has 2 aromatic heterocycles. The lowest BCUT2D eigenvalue weighted by Gasteiger charge is -2.22. The van der Waals surface area contributed by atoms with Crippen molar-refractivity contribution in [3.05, 3.63) is 338 Å². The number of fused-ring (bicyclic) bond motifs is 14. The third kappa shape index (κ3) is 8.09. The van der Waals surface area contributed by atoms with Crippen molar-refractivity contribution in [2.45, 2.75) is 38.5 Å². The van der Waals surface area contributed by atoms with Crippen LogP contribution in [0.4, 0.5) is 0 Å². The Morgan fingerprint density at radius 1 is 0.191 bits per heavy atom. The smallest absolute Gasteiger partial charge is 0.0541 e. The molecule has 0 saturated heterocycles. The minimum Gasteiger partial charge on any atom is -0.309 e. The summed E-state index contributed by atoms with van der Waals surface area (Å²) in [6.07, 6.45) is 0. The molecule has 17 aromatic rings. The molecule has 0 fully saturated rings. The molecule has 2 aliphatic carbocycles. The molecule has 2 heterocycles. The van der Waals surface area contributed by atoms with Crippen LogP contribution in [0.15, 0.2) is 315 Å². The summed E-state index contributed by atoms with van der Waals surface area (Å²) in [6, 6.07) is 119. The Morgan fingerprint density at radius 3 is 0.809 bits per heavy atom. The highest BCUT2D eigenvalue weighted by Crippen LogP contribution is 2.53. The number of nitrogens with zero attached hydrogens (tertiary/aromatic N) is 2. The molecule has 0 radical (unpaired) electrons. The fourth-order valence-electron chi connectivity index (χ4n) is 16.7. The van der Waals surface area contributed by atoms with Crippen LogP contribution in [0.25, 0.3) is 166 Å². The number of benzene rings is 15. The van der Waals surface area contributed by atoms with Crippen molar-refractivity contribution in [3.63, 3.8) is 0 Å². The van der Waals surface area contributed by atoms with Gasteiger partial charge in [-0.3, -0.25) is 0 Å². The molecule has 19 rings (SSSR count). The molecule has 2 aliphatic rings. The highest BCUT2D eigenvalue weighted by molar-refractivity contribution is 6.23. The SMILES string of the molecule is CC1(C)c2ccccc2-c2ccc(-c3ccc4c(c3)c3cc(-c5ccc6c(-c7ccccc7)c7cc(-c8ccc9c(c8)c8cc(-c%10ccc%11c(c%10)C(C)(C)c%10ccccc%10-%11)ccc8n9-c8ccccc8)ccc7c(-c7ccccc7)c6c5)ccc3n4-c3ccccc3)cc21. The van der Waals surface area contributed by atoms with Gasteiger partial charge in [0.05, 0.1) is 22.1 Å². The van der Waals surface area contributed by atoms with Gasteiger partial charge in [-0.1, -0.05) is 246 Å². The van der Waals surface area contributed by atoms with Crippen LogP contribution in [-0.4, -0.2) is 9.13 Å². The van der Waals surface area contributed by atoms with Crippen LogP contribution in [0.1, 0.15) is 49.9 Å². The molecule has 0 aliphatic heterocycles. The first kappa shape index (κ1) is 54.2. The molecular formula is C92H64N2. The average Bonchev–Trinajstić information content (AvgIpc) is 0.916. The Balaban J connectivity index is 0.777. The van der Waals surface area contributed by atoms with E-state index in [0.29, 0.717) is 0 Å². The first-order valence-electron chi connectivity index (χ1n) is 33.0. The zero-order valence-corrected chi connectivity index (χ0v) is 52.9. The highest BCUT2D eigenvalue weighted by Gasteiger charge is 2.37. The summed E-state index contributed by atoms with van der Waals surface area (Å²) in [6.45, 7) is 9.48. The summed E-state index contributed by atoms with van der Waals surface area (Å²) in [7, 11) is 0. The van der Waals surface area contributed by atoms with Gasteiger partial charge in [-0.25, -0.2) is 0 Å². The first-order chi connectivity index (χ1) is 46.1. The van der Waals surface area contributed by atoms with Gasteiger partial charge in [-0.05, 0) is 230 Å². The van der Waals surface area contributed by atoms with Crippen LogP contribution >= 0.6 is 0 Å². The topological polar surface area (TPSA) is 9.86 Å². The van der Waals surface area contributed by atoms with Gasteiger partial charge in [0.2, 0.25) is 0 Å². The second-order valence-corrected chi connectivity index (χ2v) is 27.1. The molecule has 0 atom stereocenters. The Bertz CT molecular complexity index is 5630. The summed E-state index contributed by atoms with van der Waals surface area (Å²) in [5, 5.41) is 9.81. The van der Waals surface area contributed by atoms with E-state index in [1.807, 2.05) is 0 Å². The maximum atomic E-state index is 2.47. The molecule has 442 valence electrons. The minimum absolute atomic E-state index is 0.0894. The van der Waals surface area contributed by atoms with Gasteiger partial charge < -0.3 is 9.13 Å². The minimum atomic E-state index is -0.0894. The number of aromatic nitrogens is 2. The predicted molar refractivity (Wildman–Crippen MR) is 398 cm³/mol. The van der Waals surface area contributed by atoms with E-state index in [0.717, 1.165) is 11.4 Å². The zero-order valence-electron chi connectivity index (χ0n) is 52.9. The summed E-state index contributed by atoms with van der Waals surface area (Å²) in [5.74, 6) is 0. The van der Waals surface area contributed by atoms with E-state index in [4.69, 9.17) is 0 Å². The van der Waals surface area contributed by atoms with Gasteiger partial charge in [0.15, 0.2) is 0 Å². The fraction of sp³-hybridized carbons (Fsp3) is 0.0652. The largest absolute Gasteiger partial charge is 0.309 e. The van der Waals surface area contributed by atoms with E-state index in [2.05, 4.69) is 352 Å². The van der Waals surface area contributed by atoms with Crippen molar-refractivity contribution in [2.75, 3.05) is 0 Å². The number of rotatable bonds is 8.